The molecule has 2 N–H and O–H groups in total. The van der Waals surface area contributed by atoms with Crippen LogP contribution in [0.1, 0.15) is 50.5 Å². The molecule has 0 bridgehead atoms. The fourth-order valence-corrected chi connectivity index (χ4v) is 5.46. The first-order valence-corrected chi connectivity index (χ1v) is 13.2. The number of nitrogens with zero attached hydrogens (tertiary/aromatic N) is 4. The first-order valence-electron chi connectivity index (χ1n) is 13.2. The van der Waals surface area contributed by atoms with Crippen LogP contribution in [0.25, 0.3) is 0 Å². The number of hydrogen-bond acceptors (Lipinski definition) is 7. The maximum atomic E-state index is 14.3. The Balaban J connectivity index is 1.10. The van der Waals surface area contributed by atoms with Crippen molar-refractivity contribution in [3.63, 3.8) is 0 Å². The molecule has 1 amide bonds. The molecule has 1 aromatic heterocycles. The van der Waals surface area contributed by atoms with Crippen LogP contribution in [0.3, 0.4) is 0 Å². The summed E-state index contributed by atoms with van der Waals surface area (Å²) >= 11 is 0. The van der Waals surface area contributed by atoms with Crippen molar-refractivity contribution in [2.24, 2.45) is 17.6 Å². The monoisotopic (exact) mass is 515 g/mol. The molecular weight excluding hydrogens is 480 g/mol. The standard InChI is InChI=1S/C27H35F2N5O3/c1-17(19-7-9-33(10-8-19)27(35)36-16-18-3-2-4-18)37-21-12-31-26(32-13-21)34-14-23(25(30)15-34)22-11-20(28)5-6-24(22)29/h5-6,11-13,17-19,23,25H,2-4,7-10,14-16,30H2,1H3/t17-,23+,25-/m0/s1. The highest BCUT2D eigenvalue weighted by atomic mass is 19.1. The minimum atomic E-state index is -0.483. The van der Waals surface area contributed by atoms with Crippen molar-refractivity contribution < 1.29 is 23.0 Å². The van der Waals surface area contributed by atoms with Crippen molar-refractivity contribution in [2.75, 3.05) is 37.7 Å². The third kappa shape index (κ3) is 5.95. The molecule has 8 nitrogen and oxygen atoms in total. The number of amides is 1. The summed E-state index contributed by atoms with van der Waals surface area (Å²) in [6.45, 7) is 4.75. The summed E-state index contributed by atoms with van der Waals surface area (Å²) < 4.78 is 39.5. The Hall–Kier alpha value is -3.01. The van der Waals surface area contributed by atoms with Gasteiger partial charge < -0.3 is 25.0 Å². The Bertz CT molecular complexity index is 1080. The van der Waals surface area contributed by atoms with Crippen LogP contribution in [0, 0.1) is 23.5 Å². The van der Waals surface area contributed by atoms with E-state index in [4.69, 9.17) is 15.2 Å². The van der Waals surface area contributed by atoms with Gasteiger partial charge in [-0.1, -0.05) is 6.42 Å². The number of rotatable bonds is 7. The SMILES string of the molecule is C[C@H](Oc1cnc(N2C[C@H](c3cc(F)ccc3F)[C@@H](N)C2)nc1)C1CCN(C(=O)OCC2CCC2)CC1. The minimum Gasteiger partial charge on any atom is -0.487 e. The van der Waals surface area contributed by atoms with Crippen molar-refractivity contribution in [3.05, 3.63) is 47.8 Å². The van der Waals surface area contributed by atoms with Crippen molar-refractivity contribution in [2.45, 2.75) is 57.1 Å². The van der Waals surface area contributed by atoms with Crippen LogP contribution in [0.15, 0.2) is 30.6 Å². The number of anilines is 1. The summed E-state index contributed by atoms with van der Waals surface area (Å²) in [6, 6.07) is 3.09. The van der Waals surface area contributed by atoms with Gasteiger partial charge in [-0.15, -0.1) is 0 Å². The van der Waals surface area contributed by atoms with Gasteiger partial charge in [0.05, 0.1) is 25.1 Å². The third-order valence-corrected chi connectivity index (χ3v) is 8.07. The molecule has 2 saturated heterocycles. The van der Waals surface area contributed by atoms with Gasteiger partial charge in [-0.2, -0.15) is 0 Å². The number of aromatic nitrogens is 2. The molecule has 1 saturated carbocycles. The molecule has 37 heavy (non-hydrogen) atoms. The molecule has 1 aliphatic carbocycles. The van der Waals surface area contributed by atoms with Gasteiger partial charge in [0.2, 0.25) is 5.95 Å². The van der Waals surface area contributed by atoms with Gasteiger partial charge in [0.1, 0.15) is 11.6 Å². The van der Waals surface area contributed by atoms with Gasteiger partial charge in [-0.25, -0.2) is 23.5 Å². The van der Waals surface area contributed by atoms with E-state index in [1.54, 1.807) is 17.3 Å². The van der Waals surface area contributed by atoms with Crippen LogP contribution in [-0.2, 0) is 4.74 Å². The molecular formula is C27H35F2N5O3. The predicted molar refractivity (Wildman–Crippen MR) is 134 cm³/mol. The van der Waals surface area contributed by atoms with Crippen LogP contribution >= 0.6 is 0 Å². The lowest BCUT2D eigenvalue weighted by Crippen LogP contribution is -2.42. The zero-order valence-electron chi connectivity index (χ0n) is 21.2. The Morgan fingerprint density at radius 3 is 2.54 bits per heavy atom. The number of halogens is 2. The maximum Gasteiger partial charge on any atom is 0.409 e. The first kappa shape index (κ1) is 25.6. The Labute approximate surface area is 216 Å². The molecule has 5 rings (SSSR count). The normalized spacial score (nSPS) is 23.6. The Morgan fingerprint density at radius 2 is 1.86 bits per heavy atom. The lowest BCUT2D eigenvalue weighted by molar-refractivity contribution is 0.0480. The van der Waals surface area contributed by atoms with Crippen molar-refractivity contribution in [3.8, 4) is 5.75 Å². The number of ether oxygens (including phenoxy) is 2. The van der Waals surface area contributed by atoms with E-state index in [0.717, 1.165) is 37.8 Å². The van der Waals surface area contributed by atoms with E-state index < -0.39 is 11.6 Å². The van der Waals surface area contributed by atoms with Crippen LogP contribution in [0.5, 0.6) is 5.75 Å². The zero-order chi connectivity index (χ0) is 25.9. The average Bonchev–Trinajstić information content (AvgIpc) is 3.26. The predicted octanol–water partition coefficient (Wildman–Crippen LogP) is 4.10. The molecule has 2 aliphatic heterocycles. The maximum absolute atomic E-state index is 14.3. The molecule has 0 unspecified atom stereocenters. The minimum absolute atomic E-state index is 0.0526. The quantitative estimate of drug-likeness (QED) is 0.593. The second-order valence-electron chi connectivity index (χ2n) is 10.6. The fraction of sp³-hybridized carbons (Fsp3) is 0.593. The molecule has 200 valence electrons. The number of likely N-dealkylation sites (tertiary alicyclic amines) is 1. The smallest absolute Gasteiger partial charge is 0.409 e. The topological polar surface area (TPSA) is 93.8 Å². The van der Waals surface area contributed by atoms with E-state index in [1.165, 1.54) is 12.5 Å². The summed E-state index contributed by atoms with van der Waals surface area (Å²) in [4.78, 5) is 24.9. The van der Waals surface area contributed by atoms with Gasteiger partial charge in [0.25, 0.3) is 0 Å². The molecule has 0 spiro atoms. The second kappa shape index (κ2) is 11.2. The third-order valence-electron chi connectivity index (χ3n) is 8.07. The van der Waals surface area contributed by atoms with E-state index in [2.05, 4.69) is 9.97 Å². The van der Waals surface area contributed by atoms with Crippen molar-refractivity contribution >= 4 is 12.0 Å². The Kier molecular flexibility index (Phi) is 7.73. The molecule has 0 radical (unpaired) electrons. The lowest BCUT2D eigenvalue weighted by Gasteiger charge is -2.34. The second-order valence-corrected chi connectivity index (χ2v) is 10.6. The summed E-state index contributed by atoms with van der Waals surface area (Å²) in [7, 11) is 0. The number of hydrogen-bond donors (Lipinski definition) is 1. The van der Waals surface area contributed by atoms with E-state index in [-0.39, 0.29) is 29.7 Å². The van der Waals surface area contributed by atoms with Gasteiger partial charge in [0, 0.05) is 38.1 Å². The number of benzene rings is 1. The van der Waals surface area contributed by atoms with Gasteiger partial charge in [-0.05, 0) is 68.2 Å². The molecule has 1 aromatic carbocycles. The summed E-state index contributed by atoms with van der Waals surface area (Å²) in [6.07, 6.45) is 8.27. The largest absolute Gasteiger partial charge is 0.487 e. The molecule has 10 heteroatoms. The van der Waals surface area contributed by atoms with Crippen LogP contribution in [0.2, 0.25) is 0 Å². The first-order chi connectivity index (χ1) is 17.9. The van der Waals surface area contributed by atoms with Crippen LogP contribution in [-0.4, -0.2) is 65.9 Å². The van der Waals surface area contributed by atoms with E-state index in [1.807, 2.05) is 11.8 Å². The van der Waals surface area contributed by atoms with Crippen LogP contribution < -0.4 is 15.4 Å². The number of carbonyl (C=O) groups excluding carboxylic acids is 1. The molecule has 3 fully saturated rings. The zero-order valence-corrected chi connectivity index (χ0v) is 21.2. The van der Waals surface area contributed by atoms with Crippen molar-refractivity contribution in [1.82, 2.24) is 14.9 Å². The fourth-order valence-electron chi connectivity index (χ4n) is 5.46. The highest BCUT2D eigenvalue weighted by molar-refractivity contribution is 5.67. The van der Waals surface area contributed by atoms with Gasteiger partial charge in [-0.3, -0.25) is 0 Å². The Morgan fingerprint density at radius 1 is 1.14 bits per heavy atom. The number of carbonyl (C=O) groups is 1. The van der Waals surface area contributed by atoms with E-state index in [9.17, 15) is 13.6 Å². The summed E-state index contributed by atoms with van der Waals surface area (Å²) in [5.74, 6) is 0.606. The highest BCUT2D eigenvalue weighted by Gasteiger charge is 2.35. The number of nitrogens with two attached hydrogens (primary N) is 1. The van der Waals surface area contributed by atoms with E-state index in [0.29, 0.717) is 56.3 Å². The molecule has 2 aromatic rings. The molecule has 3 heterocycles. The van der Waals surface area contributed by atoms with Crippen molar-refractivity contribution in [1.29, 1.82) is 0 Å². The molecule has 3 aliphatic rings. The average molecular weight is 516 g/mol. The molecule has 3 atom stereocenters. The van der Waals surface area contributed by atoms with Crippen LogP contribution in [0.4, 0.5) is 19.5 Å². The summed E-state index contributed by atoms with van der Waals surface area (Å²) in [5, 5.41) is 0. The number of piperidine rings is 1. The van der Waals surface area contributed by atoms with Gasteiger partial charge in [0.15, 0.2) is 5.75 Å². The van der Waals surface area contributed by atoms with E-state index >= 15 is 0 Å². The lowest BCUT2D eigenvalue weighted by atomic mass is 9.86. The highest BCUT2D eigenvalue weighted by Crippen LogP contribution is 2.32. The summed E-state index contributed by atoms with van der Waals surface area (Å²) in [5.41, 5.74) is 6.54. The van der Waals surface area contributed by atoms with Gasteiger partial charge >= 0.3 is 6.09 Å².